The third-order valence-electron chi connectivity index (χ3n) is 2.74. The Morgan fingerprint density at radius 2 is 2.12 bits per heavy atom. The molecule has 0 aliphatic heterocycles. The van der Waals surface area contributed by atoms with Crippen molar-refractivity contribution in [2.75, 3.05) is 6.54 Å². The number of rotatable bonds is 8. The minimum absolute atomic E-state index is 0.269. The number of carboxylic acids is 1. The van der Waals surface area contributed by atoms with Gasteiger partial charge in [-0.15, -0.1) is 0 Å². The van der Waals surface area contributed by atoms with Gasteiger partial charge in [0.05, 0.1) is 0 Å². The molecule has 1 heterocycles. The lowest BCUT2D eigenvalue weighted by Crippen LogP contribution is -2.17. The predicted molar refractivity (Wildman–Crippen MR) is 66.6 cm³/mol. The maximum Gasteiger partial charge on any atom is 0.303 e. The summed E-state index contributed by atoms with van der Waals surface area (Å²) in [6.45, 7) is 3.86. The van der Waals surface area contributed by atoms with Gasteiger partial charge in [-0.1, -0.05) is 6.92 Å². The molecule has 0 amide bonds. The minimum atomic E-state index is -0.707. The fourth-order valence-corrected chi connectivity index (χ4v) is 1.60. The van der Waals surface area contributed by atoms with E-state index in [-0.39, 0.29) is 6.42 Å². The molecule has 0 fully saturated rings. The van der Waals surface area contributed by atoms with E-state index in [4.69, 9.17) is 5.11 Å². The number of nitrogens with zero attached hydrogens (tertiary/aromatic N) is 1. The second-order valence-electron chi connectivity index (χ2n) is 4.36. The summed E-state index contributed by atoms with van der Waals surface area (Å²) in [5, 5.41) is 11.9. The van der Waals surface area contributed by atoms with Gasteiger partial charge in [0.2, 0.25) is 0 Å². The van der Waals surface area contributed by atoms with E-state index in [1.807, 2.05) is 12.1 Å². The molecule has 0 radical (unpaired) electrons. The van der Waals surface area contributed by atoms with Crippen molar-refractivity contribution >= 4 is 5.97 Å². The summed E-state index contributed by atoms with van der Waals surface area (Å²) in [7, 11) is 0. The molecule has 1 unspecified atom stereocenters. The van der Waals surface area contributed by atoms with E-state index < -0.39 is 5.97 Å². The van der Waals surface area contributed by atoms with Crippen LogP contribution in [-0.2, 0) is 11.3 Å². The summed E-state index contributed by atoms with van der Waals surface area (Å²) in [6, 6.07) is 3.97. The molecule has 4 nitrogen and oxygen atoms in total. The van der Waals surface area contributed by atoms with Gasteiger partial charge in [-0.2, -0.15) is 0 Å². The molecule has 0 aromatic carbocycles. The zero-order valence-corrected chi connectivity index (χ0v) is 10.2. The maximum absolute atomic E-state index is 10.4. The van der Waals surface area contributed by atoms with Gasteiger partial charge < -0.3 is 10.4 Å². The van der Waals surface area contributed by atoms with Crippen LogP contribution >= 0.6 is 0 Å². The lowest BCUT2D eigenvalue weighted by atomic mass is 10.0. The Bertz CT molecular complexity index is 327. The van der Waals surface area contributed by atoms with Gasteiger partial charge in [0.15, 0.2) is 0 Å². The molecule has 94 valence electrons. The number of aromatic nitrogens is 1. The number of aliphatic carboxylic acids is 1. The summed E-state index contributed by atoms with van der Waals surface area (Å²) in [6.07, 6.45) is 5.61. The molecule has 1 aromatic heterocycles. The van der Waals surface area contributed by atoms with E-state index in [0.717, 1.165) is 25.9 Å². The standard InChI is InChI=1S/C13H20N2O2/c1-11(2-3-13(16)17)4-7-15-10-12-5-8-14-9-6-12/h5-6,8-9,11,15H,2-4,7,10H2,1H3,(H,16,17). The van der Waals surface area contributed by atoms with Crippen molar-refractivity contribution in [3.63, 3.8) is 0 Å². The first-order valence-electron chi connectivity index (χ1n) is 6.00. The Morgan fingerprint density at radius 1 is 1.41 bits per heavy atom. The van der Waals surface area contributed by atoms with E-state index in [0.29, 0.717) is 5.92 Å². The molecule has 0 saturated heterocycles. The number of carbonyl (C=O) groups is 1. The van der Waals surface area contributed by atoms with E-state index in [1.54, 1.807) is 12.4 Å². The third-order valence-corrected chi connectivity index (χ3v) is 2.74. The average molecular weight is 236 g/mol. The van der Waals surface area contributed by atoms with Crippen LogP contribution in [0.3, 0.4) is 0 Å². The zero-order valence-electron chi connectivity index (χ0n) is 10.2. The summed E-state index contributed by atoms with van der Waals surface area (Å²) in [4.78, 5) is 14.4. The Labute approximate surface area is 102 Å². The predicted octanol–water partition coefficient (Wildman–Crippen LogP) is 2.06. The highest BCUT2D eigenvalue weighted by molar-refractivity contribution is 5.66. The van der Waals surface area contributed by atoms with Crippen LogP contribution in [0, 0.1) is 5.92 Å². The van der Waals surface area contributed by atoms with Crippen LogP contribution in [0.5, 0.6) is 0 Å². The monoisotopic (exact) mass is 236 g/mol. The quantitative estimate of drug-likeness (QED) is 0.678. The number of carboxylic acid groups (broad SMARTS) is 1. The molecular formula is C13H20N2O2. The first-order valence-corrected chi connectivity index (χ1v) is 6.00. The van der Waals surface area contributed by atoms with Crippen LogP contribution < -0.4 is 5.32 Å². The van der Waals surface area contributed by atoms with Crippen molar-refractivity contribution in [1.82, 2.24) is 10.3 Å². The van der Waals surface area contributed by atoms with Gasteiger partial charge in [0.1, 0.15) is 0 Å². The number of nitrogens with one attached hydrogen (secondary N) is 1. The molecule has 0 aliphatic carbocycles. The SMILES string of the molecule is CC(CCNCc1ccncc1)CCC(=O)O. The summed E-state index contributed by atoms with van der Waals surface area (Å²) in [5.74, 6) is -0.252. The van der Waals surface area contributed by atoms with Gasteiger partial charge in [-0.05, 0) is 43.0 Å². The van der Waals surface area contributed by atoms with Crippen LogP contribution in [0.4, 0.5) is 0 Å². The van der Waals surface area contributed by atoms with Crippen molar-refractivity contribution < 1.29 is 9.90 Å². The van der Waals surface area contributed by atoms with Gasteiger partial charge in [0.25, 0.3) is 0 Å². The first-order chi connectivity index (χ1) is 8.18. The Balaban J connectivity index is 2.06. The topological polar surface area (TPSA) is 62.2 Å². The van der Waals surface area contributed by atoms with Gasteiger partial charge in [-0.25, -0.2) is 0 Å². The van der Waals surface area contributed by atoms with Gasteiger partial charge in [-0.3, -0.25) is 9.78 Å². The van der Waals surface area contributed by atoms with Crippen LogP contribution in [-0.4, -0.2) is 22.6 Å². The molecule has 0 aliphatic rings. The normalized spacial score (nSPS) is 12.3. The van der Waals surface area contributed by atoms with Crippen LogP contribution in [0.25, 0.3) is 0 Å². The van der Waals surface area contributed by atoms with Crippen LogP contribution in [0.15, 0.2) is 24.5 Å². The molecule has 17 heavy (non-hydrogen) atoms. The van der Waals surface area contributed by atoms with Crippen LogP contribution in [0.1, 0.15) is 31.7 Å². The number of hydrogen-bond donors (Lipinski definition) is 2. The number of pyridine rings is 1. The molecular weight excluding hydrogens is 216 g/mol. The minimum Gasteiger partial charge on any atom is -0.481 e. The molecule has 0 saturated carbocycles. The molecule has 2 N–H and O–H groups in total. The van der Waals surface area contributed by atoms with Crippen molar-refractivity contribution in [2.24, 2.45) is 5.92 Å². The lowest BCUT2D eigenvalue weighted by molar-refractivity contribution is -0.137. The van der Waals surface area contributed by atoms with Gasteiger partial charge in [0, 0.05) is 25.4 Å². The molecule has 1 atom stereocenters. The lowest BCUT2D eigenvalue weighted by Gasteiger charge is -2.10. The zero-order chi connectivity index (χ0) is 12.5. The van der Waals surface area contributed by atoms with E-state index in [1.165, 1.54) is 5.56 Å². The van der Waals surface area contributed by atoms with Crippen molar-refractivity contribution in [3.05, 3.63) is 30.1 Å². The Hall–Kier alpha value is -1.42. The molecule has 0 bridgehead atoms. The van der Waals surface area contributed by atoms with Gasteiger partial charge >= 0.3 is 5.97 Å². The maximum atomic E-state index is 10.4. The highest BCUT2D eigenvalue weighted by Gasteiger charge is 2.04. The highest BCUT2D eigenvalue weighted by atomic mass is 16.4. The van der Waals surface area contributed by atoms with E-state index in [2.05, 4.69) is 17.2 Å². The second-order valence-corrected chi connectivity index (χ2v) is 4.36. The fourth-order valence-electron chi connectivity index (χ4n) is 1.60. The number of hydrogen-bond acceptors (Lipinski definition) is 3. The fraction of sp³-hybridized carbons (Fsp3) is 0.538. The molecule has 1 aromatic rings. The van der Waals surface area contributed by atoms with E-state index in [9.17, 15) is 4.79 Å². The first kappa shape index (κ1) is 13.6. The third kappa shape index (κ3) is 6.68. The summed E-state index contributed by atoms with van der Waals surface area (Å²) < 4.78 is 0. The van der Waals surface area contributed by atoms with Crippen LogP contribution in [0.2, 0.25) is 0 Å². The summed E-state index contributed by atoms with van der Waals surface area (Å²) in [5.41, 5.74) is 1.22. The molecule has 4 heteroatoms. The van der Waals surface area contributed by atoms with Crippen molar-refractivity contribution in [2.45, 2.75) is 32.7 Å². The van der Waals surface area contributed by atoms with Crippen molar-refractivity contribution in [1.29, 1.82) is 0 Å². The summed E-state index contributed by atoms with van der Waals surface area (Å²) >= 11 is 0. The Morgan fingerprint density at radius 3 is 2.76 bits per heavy atom. The largest absolute Gasteiger partial charge is 0.481 e. The molecule has 1 rings (SSSR count). The highest BCUT2D eigenvalue weighted by Crippen LogP contribution is 2.09. The van der Waals surface area contributed by atoms with Crippen molar-refractivity contribution in [3.8, 4) is 0 Å². The Kier molecular flexibility index (Phi) is 6.25. The average Bonchev–Trinajstić information content (AvgIpc) is 2.33. The second kappa shape index (κ2) is 7.79. The smallest absolute Gasteiger partial charge is 0.303 e. The molecule has 0 spiro atoms. The van der Waals surface area contributed by atoms with E-state index >= 15 is 0 Å².